The van der Waals surface area contributed by atoms with E-state index in [4.69, 9.17) is 0 Å². The fourth-order valence-corrected chi connectivity index (χ4v) is 2.13. The highest BCUT2D eigenvalue weighted by molar-refractivity contribution is 7.16. The molecule has 0 aromatic carbocycles. The molecule has 0 radical (unpaired) electrons. The summed E-state index contributed by atoms with van der Waals surface area (Å²) >= 11 is 1.05. The van der Waals surface area contributed by atoms with Crippen LogP contribution in [0.3, 0.4) is 0 Å². The molecule has 2 aromatic heterocycles. The van der Waals surface area contributed by atoms with E-state index in [0.29, 0.717) is 10.8 Å². The van der Waals surface area contributed by atoms with Gasteiger partial charge in [-0.15, -0.1) is 0 Å². The maximum atomic E-state index is 10.5. The molecule has 7 nitrogen and oxygen atoms in total. The second-order valence-electron chi connectivity index (χ2n) is 3.78. The molecule has 2 heterocycles. The fraction of sp³-hybridized carbons (Fsp3) is 0.182. The van der Waals surface area contributed by atoms with Gasteiger partial charge in [0, 0.05) is 17.5 Å². The second-order valence-corrected chi connectivity index (χ2v) is 4.87. The zero-order valence-electron chi connectivity index (χ0n) is 10.3. The normalized spacial score (nSPS) is 10.8. The van der Waals surface area contributed by atoms with Crippen molar-refractivity contribution in [2.75, 3.05) is 5.43 Å². The lowest BCUT2D eigenvalue weighted by molar-refractivity contribution is -0.380. The molecule has 0 saturated carbocycles. The Bertz CT molecular complexity index is 618. The van der Waals surface area contributed by atoms with E-state index in [0.717, 1.165) is 22.7 Å². The summed E-state index contributed by atoms with van der Waals surface area (Å²) in [7, 11) is 0. The number of hydrazone groups is 1. The van der Waals surface area contributed by atoms with Gasteiger partial charge in [0.15, 0.2) is 0 Å². The Balaban J connectivity index is 2.04. The van der Waals surface area contributed by atoms with Crippen molar-refractivity contribution in [3.8, 4) is 0 Å². The number of aryl methyl sites for hydroxylation is 2. The van der Waals surface area contributed by atoms with Crippen LogP contribution in [0.2, 0.25) is 0 Å². The minimum Gasteiger partial charge on any atom is -0.258 e. The number of hydrogen-bond acceptors (Lipinski definition) is 7. The highest BCUT2D eigenvalue weighted by Gasteiger charge is 2.07. The van der Waals surface area contributed by atoms with Crippen LogP contribution in [0.25, 0.3) is 0 Å². The molecule has 0 spiro atoms. The third-order valence-electron chi connectivity index (χ3n) is 2.13. The molecule has 0 fully saturated rings. The van der Waals surface area contributed by atoms with E-state index < -0.39 is 4.92 Å². The summed E-state index contributed by atoms with van der Waals surface area (Å²) in [6.45, 7) is 3.73. The van der Waals surface area contributed by atoms with Gasteiger partial charge in [0.05, 0.1) is 16.0 Å². The van der Waals surface area contributed by atoms with E-state index in [-0.39, 0.29) is 5.00 Å². The van der Waals surface area contributed by atoms with Gasteiger partial charge in [0.1, 0.15) is 0 Å². The average molecular weight is 277 g/mol. The Morgan fingerprint density at radius 1 is 1.37 bits per heavy atom. The summed E-state index contributed by atoms with van der Waals surface area (Å²) in [4.78, 5) is 19.1. The smallest absolute Gasteiger partial charge is 0.258 e. The third kappa shape index (κ3) is 3.55. The lowest BCUT2D eigenvalue weighted by Crippen LogP contribution is -1.99. The number of thiophene rings is 1. The molecule has 0 unspecified atom stereocenters. The summed E-state index contributed by atoms with van der Waals surface area (Å²) in [5, 5.41) is 14.6. The number of hydrogen-bond donors (Lipinski definition) is 1. The largest absolute Gasteiger partial charge is 0.324 e. The summed E-state index contributed by atoms with van der Waals surface area (Å²) < 4.78 is 0. The molecular formula is C11H11N5O2S. The molecule has 0 aliphatic carbocycles. The highest BCUT2D eigenvalue weighted by atomic mass is 32.1. The summed E-state index contributed by atoms with van der Waals surface area (Å²) in [6, 6.07) is 4.94. The molecule has 19 heavy (non-hydrogen) atoms. The van der Waals surface area contributed by atoms with Crippen LogP contribution in [0.1, 0.15) is 16.3 Å². The van der Waals surface area contributed by atoms with Gasteiger partial charge in [-0.1, -0.05) is 11.3 Å². The SMILES string of the molecule is Cc1cc(C)nc(NN=Cc2ccc([N+](=O)[O-])s2)n1. The van der Waals surface area contributed by atoms with Crippen LogP contribution >= 0.6 is 11.3 Å². The molecule has 0 aliphatic heterocycles. The van der Waals surface area contributed by atoms with Gasteiger partial charge in [-0.2, -0.15) is 5.10 Å². The minimum atomic E-state index is -0.428. The van der Waals surface area contributed by atoms with Crippen molar-refractivity contribution >= 4 is 28.5 Å². The Labute approximate surface area is 113 Å². The van der Waals surface area contributed by atoms with Crippen LogP contribution in [0.5, 0.6) is 0 Å². The van der Waals surface area contributed by atoms with Crippen molar-refractivity contribution in [3.63, 3.8) is 0 Å². The Hall–Kier alpha value is -2.35. The Kier molecular flexibility index (Phi) is 3.81. The molecule has 2 rings (SSSR count). The quantitative estimate of drug-likeness (QED) is 0.526. The first-order chi connectivity index (χ1) is 9.04. The highest BCUT2D eigenvalue weighted by Crippen LogP contribution is 2.22. The van der Waals surface area contributed by atoms with Gasteiger partial charge in [0.2, 0.25) is 5.95 Å². The Morgan fingerprint density at radius 3 is 2.63 bits per heavy atom. The fourth-order valence-electron chi connectivity index (χ4n) is 1.44. The van der Waals surface area contributed by atoms with Crippen molar-refractivity contribution in [1.29, 1.82) is 0 Å². The maximum absolute atomic E-state index is 10.5. The van der Waals surface area contributed by atoms with Crippen molar-refractivity contribution in [2.45, 2.75) is 13.8 Å². The van der Waals surface area contributed by atoms with Crippen molar-refractivity contribution in [3.05, 3.63) is 44.6 Å². The first-order valence-electron chi connectivity index (χ1n) is 5.40. The molecule has 8 heteroatoms. The predicted octanol–water partition coefficient (Wildman–Crippen LogP) is 2.51. The van der Waals surface area contributed by atoms with Crippen LogP contribution in [0.4, 0.5) is 10.9 Å². The molecule has 0 atom stereocenters. The number of aromatic nitrogens is 2. The summed E-state index contributed by atoms with van der Waals surface area (Å²) in [5.74, 6) is 0.403. The molecule has 98 valence electrons. The zero-order valence-corrected chi connectivity index (χ0v) is 11.1. The van der Waals surface area contributed by atoms with E-state index in [1.807, 2.05) is 19.9 Å². The van der Waals surface area contributed by atoms with Crippen LogP contribution < -0.4 is 5.43 Å². The standard InChI is InChI=1S/C11H11N5O2S/c1-7-5-8(2)14-11(13-7)15-12-6-9-3-4-10(19-9)16(17)18/h3-6H,1-2H3,(H,13,14,15). The van der Waals surface area contributed by atoms with Gasteiger partial charge in [-0.05, 0) is 26.0 Å². The van der Waals surface area contributed by atoms with E-state index in [1.54, 1.807) is 6.07 Å². The minimum absolute atomic E-state index is 0.0871. The number of anilines is 1. The zero-order chi connectivity index (χ0) is 13.8. The number of nitrogens with zero attached hydrogens (tertiary/aromatic N) is 4. The van der Waals surface area contributed by atoms with E-state index in [9.17, 15) is 10.1 Å². The molecule has 2 aromatic rings. The first-order valence-corrected chi connectivity index (χ1v) is 6.22. The van der Waals surface area contributed by atoms with Crippen LogP contribution in [-0.2, 0) is 0 Å². The molecule has 0 aliphatic rings. The predicted molar refractivity (Wildman–Crippen MR) is 73.7 cm³/mol. The van der Waals surface area contributed by atoms with Crippen LogP contribution in [0.15, 0.2) is 23.3 Å². The first kappa shape index (κ1) is 13.1. The van der Waals surface area contributed by atoms with Crippen molar-refractivity contribution in [2.24, 2.45) is 5.10 Å². The Morgan fingerprint density at radius 2 is 2.05 bits per heavy atom. The number of nitrogens with one attached hydrogen (secondary N) is 1. The number of nitro groups is 1. The molecule has 0 amide bonds. The topological polar surface area (TPSA) is 93.3 Å². The molecule has 0 saturated heterocycles. The number of rotatable bonds is 4. The lowest BCUT2D eigenvalue weighted by Gasteiger charge is -2.00. The monoisotopic (exact) mass is 277 g/mol. The second kappa shape index (κ2) is 5.53. The van der Waals surface area contributed by atoms with E-state index in [1.165, 1.54) is 12.3 Å². The maximum Gasteiger partial charge on any atom is 0.324 e. The average Bonchev–Trinajstić information content (AvgIpc) is 2.76. The molecular weight excluding hydrogens is 266 g/mol. The van der Waals surface area contributed by atoms with Gasteiger partial charge in [-0.3, -0.25) is 10.1 Å². The van der Waals surface area contributed by atoms with E-state index in [2.05, 4.69) is 20.5 Å². The van der Waals surface area contributed by atoms with E-state index >= 15 is 0 Å². The van der Waals surface area contributed by atoms with Gasteiger partial charge in [0.25, 0.3) is 0 Å². The van der Waals surface area contributed by atoms with Crippen LogP contribution in [-0.4, -0.2) is 21.1 Å². The summed E-state index contributed by atoms with van der Waals surface area (Å²) in [5.41, 5.74) is 4.39. The third-order valence-corrected chi connectivity index (χ3v) is 3.10. The summed E-state index contributed by atoms with van der Waals surface area (Å²) in [6.07, 6.45) is 1.50. The van der Waals surface area contributed by atoms with Gasteiger partial charge in [-0.25, -0.2) is 15.4 Å². The van der Waals surface area contributed by atoms with Crippen LogP contribution in [0, 0.1) is 24.0 Å². The molecule has 0 bridgehead atoms. The molecule has 1 N–H and O–H groups in total. The lowest BCUT2D eigenvalue weighted by atomic mass is 10.4. The van der Waals surface area contributed by atoms with Gasteiger partial charge >= 0.3 is 5.00 Å². The van der Waals surface area contributed by atoms with Gasteiger partial charge < -0.3 is 0 Å². The van der Waals surface area contributed by atoms with Crippen molar-refractivity contribution < 1.29 is 4.92 Å². The van der Waals surface area contributed by atoms with Crippen molar-refractivity contribution in [1.82, 2.24) is 9.97 Å².